The number of hydrogen-bond acceptors (Lipinski definition) is 4. The number of hydrogen-bond donors (Lipinski definition) is 2. The topological polar surface area (TPSA) is 95.9 Å². The maximum absolute atomic E-state index is 12.4. The Morgan fingerprint density at radius 3 is 2.86 bits per heavy atom. The second-order valence-corrected chi connectivity index (χ2v) is 4.56. The minimum Gasteiger partial charge on any atom is -0.319 e. The molecule has 1 aromatic carbocycles. The Morgan fingerprint density at radius 1 is 1.10 bits per heavy atom. The molecule has 4 aromatic rings. The standard InChI is InChI=1S/C14H9N5O2/c20-13-12(17-9-3-1-2-4-10(9)18-13)8-7-15-11-5-6-16-19(11)14(8)21/h1-7,16H,(H,18,20). The van der Waals surface area contributed by atoms with Crippen LogP contribution in [-0.2, 0) is 0 Å². The zero-order valence-corrected chi connectivity index (χ0v) is 10.7. The number of benzene rings is 1. The lowest BCUT2D eigenvalue weighted by atomic mass is 10.2. The van der Waals surface area contributed by atoms with Crippen LogP contribution >= 0.6 is 0 Å². The highest BCUT2D eigenvalue weighted by Crippen LogP contribution is 2.12. The molecule has 0 amide bonds. The Bertz CT molecular complexity index is 1090. The molecule has 0 aliphatic heterocycles. The number of H-pyrrole nitrogens is 2. The van der Waals surface area contributed by atoms with Gasteiger partial charge in [-0.1, -0.05) is 12.1 Å². The van der Waals surface area contributed by atoms with E-state index < -0.39 is 5.56 Å². The normalized spacial score (nSPS) is 11.2. The number of aromatic nitrogens is 5. The van der Waals surface area contributed by atoms with Gasteiger partial charge in [0.2, 0.25) is 0 Å². The van der Waals surface area contributed by atoms with Crippen molar-refractivity contribution >= 4 is 16.7 Å². The highest BCUT2D eigenvalue weighted by atomic mass is 16.1. The third-order valence-corrected chi connectivity index (χ3v) is 3.28. The summed E-state index contributed by atoms with van der Waals surface area (Å²) in [5, 5.41) is 2.76. The number of aromatic amines is 2. The molecule has 0 aliphatic carbocycles. The van der Waals surface area contributed by atoms with E-state index in [0.29, 0.717) is 16.7 Å². The minimum atomic E-state index is -0.417. The van der Waals surface area contributed by atoms with Crippen molar-refractivity contribution < 1.29 is 0 Å². The lowest BCUT2D eigenvalue weighted by Crippen LogP contribution is -2.22. The number of nitrogens with one attached hydrogen (secondary N) is 2. The third kappa shape index (κ3) is 1.68. The summed E-state index contributed by atoms with van der Waals surface area (Å²) in [5.74, 6) is 0. The van der Waals surface area contributed by atoms with E-state index >= 15 is 0 Å². The minimum absolute atomic E-state index is 0.0650. The quantitative estimate of drug-likeness (QED) is 0.541. The first-order valence-electron chi connectivity index (χ1n) is 6.28. The molecule has 0 saturated carbocycles. The second-order valence-electron chi connectivity index (χ2n) is 4.56. The highest BCUT2D eigenvalue weighted by molar-refractivity contribution is 5.76. The summed E-state index contributed by atoms with van der Waals surface area (Å²) in [6, 6.07) is 8.82. The first kappa shape index (κ1) is 11.6. The highest BCUT2D eigenvalue weighted by Gasteiger charge is 2.13. The van der Waals surface area contributed by atoms with E-state index in [4.69, 9.17) is 0 Å². The number of para-hydroxylation sites is 2. The van der Waals surface area contributed by atoms with E-state index in [0.717, 1.165) is 0 Å². The summed E-state index contributed by atoms with van der Waals surface area (Å²) in [6.07, 6.45) is 2.98. The molecule has 7 heteroatoms. The molecule has 4 rings (SSSR count). The van der Waals surface area contributed by atoms with Crippen molar-refractivity contribution in [3.8, 4) is 11.3 Å². The second kappa shape index (κ2) is 4.14. The van der Waals surface area contributed by atoms with Crippen molar-refractivity contribution in [2.75, 3.05) is 0 Å². The molecule has 7 nitrogen and oxygen atoms in total. The monoisotopic (exact) mass is 279 g/mol. The fraction of sp³-hybridized carbons (Fsp3) is 0. The van der Waals surface area contributed by atoms with Gasteiger partial charge in [-0.3, -0.25) is 14.7 Å². The van der Waals surface area contributed by atoms with Gasteiger partial charge in [0.1, 0.15) is 5.69 Å². The predicted octanol–water partition coefficient (Wildman–Crippen LogP) is 0.926. The van der Waals surface area contributed by atoms with E-state index in [1.165, 1.54) is 10.7 Å². The van der Waals surface area contributed by atoms with Crippen LogP contribution in [0.1, 0.15) is 0 Å². The average Bonchev–Trinajstić information content (AvgIpc) is 2.97. The molecule has 3 heterocycles. The largest absolute Gasteiger partial charge is 0.319 e. The summed E-state index contributed by atoms with van der Waals surface area (Å²) in [7, 11) is 0. The average molecular weight is 279 g/mol. The van der Waals surface area contributed by atoms with Crippen LogP contribution in [0.3, 0.4) is 0 Å². The lowest BCUT2D eigenvalue weighted by Gasteiger charge is -2.02. The van der Waals surface area contributed by atoms with E-state index in [1.807, 2.05) is 6.07 Å². The molecule has 0 radical (unpaired) electrons. The number of rotatable bonds is 1. The third-order valence-electron chi connectivity index (χ3n) is 3.28. The van der Waals surface area contributed by atoms with Crippen LogP contribution in [0.2, 0.25) is 0 Å². The van der Waals surface area contributed by atoms with Gasteiger partial charge in [-0.25, -0.2) is 14.5 Å². The molecule has 21 heavy (non-hydrogen) atoms. The Balaban J connectivity index is 2.08. The van der Waals surface area contributed by atoms with Gasteiger partial charge in [0.05, 0.1) is 16.6 Å². The van der Waals surface area contributed by atoms with Gasteiger partial charge >= 0.3 is 0 Å². The first-order valence-corrected chi connectivity index (χ1v) is 6.28. The summed E-state index contributed by atoms with van der Waals surface area (Å²) >= 11 is 0. The molecule has 0 unspecified atom stereocenters. The van der Waals surface area contributed by atoms with Crippen LogP contribution in [0.25, 0.3) is 27.9 Å². The molecule has 0 fully saturated rings. The van der Waals surface area contributed by atoms with Crippen LogP contribution in [0.15, 0.2) is 52.3 Å². The summed E-state index contributed by atoms with van der Waals surface area (Å²) in [6.45, 7) is 0. The van der Waals surface area contributed by atoms with Gasteiger partial charge in [-0.05, 0) is 12.1 Å². The molecule has 3 aromatic heterocycles. The zero-order valence-electron chi connectivity index (χ0n) is 10.7. The molecule has 0 saturated heterocycles. The fourth-order valence-electron chi connectivity index (χ4n) is 2.27. The first-order chi connectivity index (χ1) is 10.2. The molecule has 0 aliphatic rings. The van der Waals surface area contributed by atoms with Crippen molar-refractivity contribution in [3.05, 3.63) is 63.4 Å². The molecular formula is C14H9N5O2. The summed E-state index contributed by atoms with van der Waals surface area (Å²) in [4.78, 5) is 35.7. The predicted molar refractivity (Wildman–Crippen MR) is 77.2 cm³/mol. The van der Waals surface area contributed by atoms with Gasteiger partial charge in [-0.15, -0.1) is 0 Å². The van der Waals surface area contributed by atoms with Crippen LogP contribution in [0.4, 0.5) is 0 Å². The fourth-order valence-corrected chi connectivity index (χ4v) is 2.27. The molecule has 0 bridgehead atoms. The van der Waals surface area contributed by atoms with Gasteiger partial charge in [-0.2, -0.15) is 0 Å². The smallest absolute Gasteiger partial charge is 0.282 e. The maximum atomic E-state index is 12.4. The number of nitrogens with zero attached hydrogens (tertiary/aromatic N) is 3. The van der Waals surface area contributed by atoms with Crippen molar-refractivity contribution in [2.45, 2.75) is 0 Å². The Labute approximate surface area is 116 Å². The van der Waals surface area contributed by atoms with Gasteiger partial charge in [0.15, 0.2) is 5.65 Å². The van der Waals surface area contributed by atoms with Gasteiger partial charge in [0.25, 0.3) is 11.1 Å². The van der Waals surface area contributed by atoms with Crippen molar-refractivity contribution in [1.29, 1.82) is 0 Å². The van der Waals surface area contributed by atoms with E-state index in [1.54, 1.807) is 30.5 Å². The van der Waals surface area contributed by atoms with E-state index in [2.05, 4.69) is 20.1 Å². The Hall–Kier alpha value is -3.22. The Morgan fingerprint density at radius 2 is 1.95 bits per heavy atom. The molecular weight excluding hydrogens is 270 g/mol. The van der Waals surface area contributed by atoms with Crippen LogP contribution < -0.4 is 11.1 Å². The van der Waals surface area contributed by atoms with Gasteiger partial charge in [0, 0.05) is 18.5 Å². The zero-order chi connectivity index (χ0) is 14.4. The summed E-state index contributed by atoms with van der Waals surface area (Å²) in [5.41, 5.74) is 1.17. The Kier molecular flexibility index (Phi) is 2.28. The maximum Gasteiger partial charge on any atom is 0.282 e. The number of fused-ring (bicyclic) bond motifs is 2. The van der Waals surface area contributed by atoms with Gasteiger partial charge < -0.3 is 4.98 Å². The molecule has 0 atom stereocenters. The van der Waals surface area contributed by atoms with Crippen molar-refractivity contribution in [2.24, 2.45) is 0 Å². The van der Waals surface area contributed by atoms with Crippen molar-refractivity contribution in [3.63, 3.8) is 0 Å². The van der Waals surface area contributed by atoms with Crippen molar-refractivity contribution in [1.82, 2.24) is 24.6 Å². The van der Waals surface area contributed by atoms with E-state index in [-0.39, 0.29) is 16.8 Å². The molecule has 102 valence electrons. The molecule has 0 spiro atoms. The lowest BCUT2D eigenvalue weighted by molar-refractivity contribution is 0.899. The summed E-state index contributed by atoms with van der Waals surface area (Å²) < 4.78 is 1.27. The van der Waals surface area contributed by atoms with E-state index in [9.17, 15) is 9.59 Å². The van der Waals surface area contributed by atoms with Crippen LogP contribution in [0, 0.1) is 0 Å². The van der Waals surface area contributed by atoms with Crippen LogP contribution in [-0.4, -0.2) is 24.6 Å². The SMILES string of the molecule is O=c1[nH]c2ccccc2nc1-c1cnc2cc[nH]n2c1=O. The van der Waals surface area contributed by atoms with Crippen LogP contribution in [0.5, 0.6) is 0 Å². The molecule has 2 N–H and O–H groups in total.